The molecule has 12 fully saturated rings. The van der Waals surface area contributed by atoms with Crippen molar-refractivity contribution in [3.05, 3.63) is 57.7 Å². The Labute approximate surface area is 268 Å². The van der Waals surface area contributed by atoms with E-state index in [4.69, 9.17) is 0 Å². The van der Waals surface area contributed by atoms with Crippen LogP contribution in [0.2, 0.25) is 0 Å². The van der Waals surface area contributed by atoms with Gasteiger partial charge in [0.15, 0.2) is 0 Å². The van der Waals surface area contributed by atoms with Crippen molar-refractivity contribution in [1.29, 1.82) is 0 Å². The van der Waals surface area contributed by atoms with E-state index in [1.165, 1.54) is 38.5 Å². The van der Waals surface area contributed by atoms with Crippen molar-refractivity contribution in [2.45, 2.75) is 57.8 Å². The average Bonchev–Trinajstić information content (AvgIpc) is 3.74. The van der Waals surface area contributed by atoms with E-state index in [0.717, 1.165) is 154 Å². The molecule has 228 valence electrons. The van der Waals surface area contributed by atoms with Gasteiger partial charge in [0.2, 0.25) is 0 Å². The van der Waals surface area contributed by atoms with Crippen molar-refractivity contribution in [3.8, 4) is 0 Å². The van der Waals surface area contributed by atoms with E-state index < -0.39 is 0 Å². The molecular formula is C45H48. The van der Waals surface area contributed by atoms with Crippen LogP contribution in [-0.4, -0.2) is 0 Å². The van der Waals surface area contributed by atoms with Crippen LogP contribution in [0, 0.1) is 154 Å². The summed E-state index contributed by atoms with van der Waals surface area (Å²) >= 11 is 0. The van der Waals surface area contributed by atoms with Crippen molar-refractivity contribution in [2.75, 3.05) is 0 Å². The molecule has 26 atom stereocenters. The van der Waals surface area contributed by atoms with Crippen LogP contribution in [0.15, 0.2) is 57.7 Å². The number of hydrogen-bond donors (Lipinski definition) is 0. The molecule has 0 bridgehead atoms. The molecule has 0 radical (unpaired) electrons. The third-order valence-corrected chi connectivity index (χ3v) is 22.0. The molecule has 17 aliphatic carbocycles. The molecule has 0 aromatic heterocycles. The van der Waals surface area contributed by atoms with Gasteiger partial charge in [0.05, 0.1) is 0 Å². The van der Waals surface area contributed by atoms with Gasteiger partial charge in [0.25, 0.3) is 0 Å². The van der Waals surface area contributed by atoms with Gasteiger partial charge in [0, 0.05) is 5.92 Å². The third kappa shape index (κ3) is 1.89. The van der Waals surface area contributed by atoms with Gasteiger partial charge in [-0.05, 0) is 206 Å². The molecule has 17 aliphatic rings. The fourth-order valence-corrected chi connectivity index (χ4v) is 23.0. The molecule has 0 aromatic rings. The minimum Gasteiger partial charge on any atom is -0.0844 e. The van der Waals surface area contributed by atoms with E-state index in [0.29, 0.717) is 0 Å². The molecule has 0 aromatic carbocycles. The summed E-state index contributed by atoms with van der Waals surface area (Å²) in [5.74, 6) is 27.5. The molecule has 0 N–H and O–H groups in total. The zero-order valence-corrected chi connectivity index (χ0v) is 26.7. The van der Waals surface area contributed by atoms with Gasteiger partial charge >= 0.3 is 0 Å². The molecule has 12 saturated carbocycles. The Balaban J connectivity index is 1.05. The molecule has 0 nitrogen and oxygen atoms in total. The van der Waals surface area contributed by atoms with E-state index in [2.05, 4.69) is 57.7 Å². The standard InChI is InChI=1S/C45H48/c1-3-16-8-20-9-17-5-6-18-10-21-12-23-13-22-11-19-4-2-15-7-14(1)24-27(16)36-32(20)37-29(17)26(18)35-30(21)31(23)39-33(22)38-28(19)25(15)34(24)40-42(36)44(37)41(35)45(39)43(38)40/h5,7,10-11,15-16,18-20,23-27,29-37,39-45H,1-4,6,8-9,12-13H2. The highest BCUT2D eigenvalue weighted by molar-refractivity contribution is 5.54. The molecule has 0 heteroatoms. The monoisotopic (exact) mass is 588 g/mol. The first-order valence-corrected chi connectivity index (χ1v) is 20.9. The molecular weight excluding hydrogens is 540 g/mol. The molecule has 45 heavy (non-hydrogen) atoms. The highest BCUT2D eigenvalue weighted by atomic mass is 14.9. The molecule has 0 spiro atoms. The first kappa shape index (κ1) is 22.4. The van der Waals surface area contributed by atoms with Gasteiger partial charge in [-0.3, -0.25) is 0 Å². The predicted octanol–water partition coefficient (Wildman–Crippen LogP) is 8.75. The van der Waals surface area contributed by atoms with E-state index in [9.17, 15) is 0 Å². The SMILES string of the molecule is C1=C2CC3CC4=CC5CC=C6CC7CC8CCC9=CC%10CCC1C1=C%11C2C2C3C4C3C5C6C4C7C5C8C9C(C1%10)C1C%11C2C3C4C15. The van der Waals surface area contributed by atoms with Crippen LogP contribution >= 0.6 is 0 Å². The molecule has 17 rings (SSSR count). The van der Waals surface area contributed by atoms with Crippen molar-refractivity contribution in [2.24, 2.45) is 154 Å². The number of rotatable bonds is 0. The maximum absolute atomic E-state index is 3.06. The Hall–Kier alpha value is -1.30. The van der Waals surface area contributed by atoms with Gasteiger partial charge in [-0.1, -0.05) is 57.7 Å². The lowest BCUT2D eigenvalue weighted by Gasteiger charge is -2.71. The largest absolute Gasteiger partial charge is 0.0844 e. The summed E-state index contributed by atoms with van der Waals surface area (Å²) in [7, 11) is 0. The first-order chi connectivity index (χ1) is 22.3. The summed E-state index contributed by atoms with van der Waals surface area (Å²) in [6.07, 6.45) is 25.9. The van der Waals surface area contributed by atoms with E-state index in [1.807, 2.05) is 0 Å². The fraction of sp³-hybridized carbons (Fsp3) is 0.778. The summed E-state index contributed by atoms with van der Waals surface area (Å²) < 4.78 is 0. The highest BCUT2D eigenvalue weighted by Gasteiger charge is 2.84. The van der Waals surface area contributed by atoms with Crippen molar-refractivity contribution in [1.82, 2.24) is 0 Å². The van der Waals surface area contributed by atoms with Gasteiger partial charge in [0.1, 0.15) is 0 Å². The van der Waals surface area contributed by atoms with Crippen molar-refractivity contribution < 1.29 is 0 Å². The lowest BCUT2D eigenvalue weighted by Crippen LogP contribution is -2.67. The number of allylic oxidation sites excluding steroid dienone is 10. The van der Waals surface area contributed by atoms with Crippen LogP contribution in [0.4, 0.5) is 0 Å². The van der Waals surface area contributed by atoms with Gasteiger partial charge in [-0.15, -0.1) is 0 Å². The zero-order chi connectivity index (χ0) is 27.7. The van der Waals surface area contributed by atoms with Crippen LogP contribution in [0.5, 0.6) is 0 Å². The number of hydrogen-bond acceptors (Lipinski definition) is 0. The van der Waals surface area contributed by atoms with Crippen molar-refractivity contribution in [3.63, 3.8) is 0 Å². The molecule has 0 heterocycles. The Morgan fingerprint density at radius 3 is 2.13 bits per heavy atom. The van der Waals surface area contributed by atoms with E-state index >= 15 is 0 Å². The zero-order valence-electron chi connectivity index (χ0n) is 26.7. The molecule has 0 amide bonds. The lowest BCUT2D eigenvalue weighted by molar-refractivity contribution is -0.210. The minimum atomic E-state index is 0.860. The first-order valence-electron chi connectivity index (χ1n) is 20.9. The smallest absolute Gasteiger partial charge is 0.00475 e. The van der Waals surface area contributed by atoms with Gasteiger partial charge in [-0.2, -0.15) is 0 Å². The Morgan fingerprint density at radius 2 is 1.16 bits per heavy atom. The normalized spacial score (nSPS) is 73.4. The van der Waals surface area contributed by atoms with Crippen LogP contribution in [0.1, 0.15) is 57.8 Å². The average molecular weight is 589 g/mol. The topological polar surface area (TPSA) is 0 Å². The minimum absolute atomic E-state index is 0.860. The Bertz CT molecular complexity index is 1790. The third-order valence-electron chi connectivity index (χ3n) is 22.0. The van der Waals surface area contributed by atoms with Gasteiger partial charge < -0.3 is 0 Å². The van der Waals surface area contributed by atoms with E-state index in [-0.39, 0.29) is 0 Å². The molecule has 0 saturated heterocycles. The fourth-order valence-electron chi connectivity index (χ4n) is 23.0. The second-order valence-corrected chi connectivity index (χ2v) is 21.5. The Morgan fingerprint density at radius 1 is 0.422 bits per heavy atom. The molecule has 26 unspecified atom stereocenters. The second-order valence-electron chi connectivity index (χ2n) is 21.5. The van der Waals surface area contributed by atoms with E-state index in [1.54, 1.807) is 19.3 Å². The summed E-state index contributed by atoms with van der Waals surface area (Å²) in [6.45, 7) is 0. The van der Waals surface area contributed by atoms with Crippen LogP contribution in [0.25, 0.3) is 0 Å². The summed E-state index contributed by atoms with van der Waals surface area (Å²) in [5, 5.41) is 0. The maximum atomic E-state index is 3.06. The lowest BCUT2D eigenvalue weighted by atomic mass is 9.32. The molecule has 0 aliphatic heterocycles. The predicted molar refractivity (Wildman–Crippen MR) is 172 cm³/mol. The summed E-state index contributed by atoms with van der Waals surface area (Å²) in [5.41, 5.74) is 12.8. The van der Waals surface area contributed by atoms with Crippen molar-refractivity contribution >= 4 is 0 Å². The van der Waals surface area contributed by atoms with Gasteiger partial charge in [-0.25, -0.2) is 0 Å². The van der Waals surface area contributed by atoms with Crippen LogP contribution in [0.3, 0.4) is 0 Å². The summed E-state index contributed by atoms with van der Waals surface area (Å²) in [6, 6.07) is 0. The highest BCUT2D eigenvalue weighted by Crippen LogP contribution is 2.89. The van der Waals surface area contributed by atoms with Crippen LogP contribution in [-0.2, 0) is 0 Å². The quantitative estimate of drug-likeness (QED) is 0.248. The second kappa shape index (κ2) is 6.40. The maximum Gasteiger partial charge on any atom is 0.00475 e. The summed E-state index contributed by atoms with van der Waals surface area (Å²) in [4.78, 5) is 0. The Kier molecular flexibility index (Phi) is 3.18. The van der Waals surface area contributed by atoms with Crippen LogP contribution < -0.4 is 0 Å².